The summed E-state index contributed by atoms with van der Waals surface area (Å²) in [5.41, 5.74) is 1.96. The van der Waals surface area contributed by atoms with Crippen molar-refractivity contribution in [1.29, 1.82) is 0 Å². The molecule has 1 aromatic heterocycles. The van der Waals surface area contributed by atoms with Crippen molar-refractivity contribution >= 4 is 62.9 Å². The van der Waals surface area contributed by atoms with Crippen LogP contribution in [0.5, 0.6) is 11.5 Å². The van der Waals surface area contributed by atoms with Gasteiger partial charge in [0, 0.05) is 22.3 Å². The first-order valence-electron chi connectivity index (χ1n) is 16.3. The molecule has 1 aliphatic heterocycles. The van der Waals surface area contributed by atoms with Crippen LogP contribution in [0.15, 0.2) is 108 Å². The molecular formula is C40H32INO6S. The SMILES string of the molecule is COc1cc([C@H]2C3=CC[C@@H]4C(=O)N(Cc5cccs5)C(=O)[C@@H]4[C@@H]3C[C@H]3C(=O)C(c4ccccc4)=CC(=O)[C@@]23c2ccccc2)cc(I)c1O. The average molecular weight is 782 g/mol. The molecule has 1 saturated heterocycles. The Balaban J connectivity index is 1.37. The van der Waals surface area contributed by atoms with Crippen LogP contribution >= 0.6 is 33.9 Å². The van der Waals surface area contributed by atoms with Gasteiger partial charge in [0.25, 0.3) is 0 Å². The zero-order chi connectivity index (χ0) is 34.0. The van der Waals surface area contributed by atoms with Gasteiger partial charge in [0.2, 0.25) is 11.8 Å². The van der Waals surface area contributed by atoms with E-state index >= 15 is 9.59 Å². The molecule has 3 aliphatic carbocycles. The Labute approximate surface area is 301 Å². The second-order valence-corrected chi connectivity index (χ2v) is 15.4. The first kappa shape index (κ1) is 31.9. The number of benzene rings is 3. The average Bonchev–Trinajstić information content (AvgIpc) is 3.73. The lowest BCUT2D eigenvalue weighted by Gasteiger charge is -2.55. The predicted octanol–water partition coefficient (Wildman–Crippen LogP) is 7.09. The lowest BCUT2D eigenvalue weighted by molar-refractivity contribution is -0.141. The van der Waals surface area contributed by atoms with E-state index in [1.54, 1.807) is 6.07 Å². The summed E-state index contributed by atoms with van der Waals surface area (Å²) in [4.78, 5) is 60.8. The number of halogens is 1. The first-order valence-corrected chi connectivity index (χ1v) is 18.3. The van der Waals surface area contributed by atoms with E-state index in [0.29, 0.717) is 32.3 Å². The molecule has 2 fully saturated rings. The highest BCUT2D eigenvalue weighted by atomic mass is 127. The number of phenolic OH excluding ortho intramolecular Hbond substituents is 1. The number of ketones is 2. The van der Waals surface area contributed by atoms with E-state index in [9.17, 15) is 14.7 Å². The van der Waals surface area contributed by atoms with Gasteiger partial charge in [0.1, 0.15) is 0 Å². The summed E-state index contributed by atoms with van der Waals surface area (Å²) >= 11 is 3.56. The number of carbonyl (C=O) groups excluding carboxylic acids is 4. The summed E-state index contributed by atoms with van der Waals surface area (Å²) in [5, 5.41) is 12.8. The summed E-state index contributed by atoms with van der Waals surface area (Å²) in [6, 6.07) is 26.1. The molecule has 4 aromatic rings. The number of hydrogen-bond donors (Lipinski definition) is 1. The van der Waals surface area contributed by atoms with Crippen LogP contribution in [0.25, 0.3) is 5.57 Å². The lowest BCUT2D eigenvalue weighted by Crippen LogP contribution is -2.58. The molecule has 0 unspecified atom stereocenters. The van der Waals surface area contributed by atoms with E-state index in [-0.39, 0.29) is 47.8 Å². The third kappa shape index (κ3) is 4.80. The Bertz CT molecular complexity index is 2070. The number of ether oxygens (including phenoxy) is 1. The minimum atomic E-state index is -1.35. The van der Waals surface area contributed by atoms with Crippen LogP contribution in [-0.4, -0.2) is 40.5 Å². The summed E-state index contributed by atoms with van der Waals surface area (Å²) in [6.45, 7) is 0.219. The van der Waals surface area contributed by atoms with Crippen molar-refractivity contribution in [3.05, 3.63) is 133 Å². The highest BCUT2D eigenvalue weighted by Gasteiger charge is 2.66. The number of methoxy groups -OCH3 is 1. The number of likely N-dealkylation sites (tertiary alicyclic amines) is 1. The molecule has 2 amide bonds. The Morgan fingerprint density at radius 2 is 1.67 bits per heavy atom. The van der Waals surface area contributed by atoms with Crippen molar-refractivity contribution in [3.8, 4) is 11.5 Å². The number of phenols is 1. The molecule has 0 bridgehead atoms. The molecular weight excluding hydrogens is 749 g/mol. The van der Waals surface area contributed by atoms with Gasteiger partial charge in [0.05, 0.1) is 34.5 Å². The van der Waals surface area contributed by atoms with Gasteiger partial charge in [-0.05, 0) is 87.7 Å². The van der Waals surface area contributed by atoms with Crippen LogP contribution < -0.4 is 4.74 Å². The highest BCUT2D eigenvalue weighted by molar-refractivity contribution is 14.1. The number of rotatable bonds is 6. The van der Waals surface area contributed by atoms with E-state index < -0.39 is 35.0 Å². The van der Waals surface area contributed by atoms with Gasteiger partial charge in [-0.15, -0.1) is 11.3 Å². The number of imide groups is 1. The Hall–Kier alpha value is -4.35. The summed E-state index contributed by atoms with van der Waals surface area (Å²) < 4.78 is 6.15. The molecule has 0 spiro atoms. The van der Waals surface area contributed by atoms with Crippen molar-refractivity contribution in [2.45, 2.75) is 30.7 Å². The van der Waals surface area contributed by atoms with Gasteiger partial charge >= 0.3 is 0 Å². The predicted molar refractivity (Wildman–Crippen MR) is 194 cm³/mol. The maximum atomic E-state index is 15.2. The topological polar surface area (TPSA) is 101 Å². The van der Waals surface area contributed by atoms with Gasteiger partial charge in [-0.2, -0.15) is 0 Å². The number of nitrogens with zero attached hydrogens (tertiary/aromatic N) is 1. The summed E-state index contributed by atoms with van der Waals surface area (Å²) in [5.74, 6) is -3.69. The third-order valence-electron chi connectivity index (χ3n) is 11.0. The van der Waals surface area contributed by atoms with E-state index in [2.05, 4.69) is 28.7 Å². The number of thiophene rings is 1. The van der Waals surface area contributed by atoms with E-state index in [1.807, 2.05) is 84.2 Å². The van der Waals surface area contributed by atoms with Crippen molar-refractivity contribution in [3.63, 3.8) is 0 Å². The molecule has 0 radical (unpaired) electrons. The van der Waals surface area contributed by atoms with Gasteiger partial charge < -0.3 is 9.84 Å². The van der Waals surface area contributed by atoms with Crippen LogP contribution in [0.3, 0.4) is 0 Å². The van der Waals surface area contributed by atoms with Crippen molar-refractivity contribution < 1.29 is 29.0 Å². The Kier molecular flexibility index (Phi) is 7.94. The Morgan fingerprint density at radius 1 is 0.939 bits per heavy atom. The normalized spacial score (nSPS) is 27.6. The molecule has 9 heteroatoms. The molecule has 4 aliphatic rings. The standard InChI is InChI=1S/C40H32INO6S/c1-48-32-18-23(17-31(41)37(32)45)35-26-14-15-27-34(39(47)42(38(27)46)21-25-13-8-16-49-25)29(26)19-30-36(44)28(22-9-4-2-5-10-22)20-33(43)40(30,35)24-11-6-3-7-12-24/h2-14,16-18,20,27,29-30,34-35,45H,15,19,21H2,1H3/t27-,29+,30-,34-,35-,40-/m0/s1. The minimum Gasteiger partial charge on any atom is -0.504 e. The van der Waals surface area contributed by atoms with E-state index in [1.165, 1.54) is 29.4 Å². The molecule has 246 valence electrons. The number of Topliss-reactive ketones (excluding diaryl/α,β-unsaturated/α-hetero) is 1. The second-order valence-electron chi connectivity index (χ2n) is 13.2. The van der Waals surface area contributed by atoms with Crippen molar-refractivity contribution in [1.82, 2.24) is 4.90 Å². The number of aromatic hydroxyl groups is 1. The number of carbonyl (C=O) groups is 4. The van der Waals surface area contributed by atoms with Crippen LogP contribution in [0.2, 0.25) is 0 Å². The third-order valence-corrected chi connectivity index (χ3v) is 12.6. The van der Waals surface area contributed by atoms with E-state index in [0.717, 1.165) is 10.5 Å². The van der Waals surface area contributed by atoms with E-state index in [4.69, 9.17) is 4.74 Å². The number of allylic oxidation sites excluding steroid dienone is 4. The maximum absolute atomic E-state index is 15.2. The molecule has 7 nitrogen and oxygen atoms in total. The van der Waals surface area contributed by atoms with Gasteiger partial charge in [-0.25, -0.2) is 0 Å². The highest BCUT2D eigenvalue weighted by Crippen LogP contribution is 2.64. The van der Waals surface area contributed by atoms with Crippen molar-refractivity contribution in [2.75, 3.05) is 7.11 Å². The molecule has 8 rings (SSSR count). The van der Waals surface area contributed by atoms with Crippen LogP contribution in [0.4, 0.5) is 0 Å². The molecule has 1 saturated carbocycles. The fraction of sp³-hybridized carbons (Fsp3) is 0.250. The first-order chi connectivity index (χ1) is 23.7. The van der Waals surface area contributed by atoms with Gasteiger partial charge in [-0.1, -0.05) is 78.4 Å². The van der Waals surface area contributed by atoms with Crippen LogP contribution in [0.1, 0.15) is 40.3 Å². The molecule has 2 heterocycles. The maximum Gasteiger partial charge on any atom is 0.234 e. The summed E-state index contributed by atoms with van der Waals surface area (Å²) in [7, 11) is 1.48. The van der Waals surface area contributed by atoms with Crippen LogP contribution in [0, 0.1) is 27.2 Å². The molecule has 49 heavy (non-hydrogen) atoms. The second kappa shape index (κ2) is 12.2. The smallest absolute Gasteiger partial charge is 0.234 e. The number of hydrogen-bond acceptors (Lipinski definition) is 7. The molecule has 1 N–H and O–H groups in total. The van der Waals surface area contributed by atoms with Crippen molar-refractivity contribution in [2.24, 2.45) is 23.7 Å². The minimum absolute atomic E-state index is 0.0136. The fourth-order valence-corrected chi connectivity index (χ4v) is 10.3. The van der Waals surface area contributed by atoms with Crippen LogP contribution in [-0.2, 0) is 31.1 Å². The zero-order valence-corrected chi connectivity index (χ0v) is 29.5. The molecule has 6 atom stereocenters. The number of fused-ring (bicyclic) bond motifs is 4. The Morgan fingerprint density at radius 3 is 2.37 bits per heavy atom. The van der Waals surface area contributed by atoms with Gasteiger partial charge in [0.15, 0.2) is 23.1 Å². The number of amides is 2. The largest absolute Gasteiger partial charge is 0.504 e. The zero-order valence-electron chi connectivity index (χ0n) is 26.5. The quantitative estimate of drug-likeness (QED) is 0.128. The molecule has 3 aromatic carbocycles. The summed E-state index contributed by atoms with van der Waals surface area (Å²) in [6.07, 6.45) is 4.16. The van der Waals surface area contributed by atoms with Gasteiger partial charge in [-0.3, -0.25) is 24.1 Å². The monoisotopic (exact) mass is 781 g/mol. The fourth-order valence-electron chi connectivity index (χ4n) is 8.94. The lowest BCUT2D eigenvalue weighted by atomic mass is 9.44.